The molecule has 1 unspecified atom stereocenters. The highest BCUT2D eigenvalue weighted by molar-refractivity contribution is 7.11. The molecular formula is C15H15NO2S2. The summed E-state index contributed by atoms with van der Waals surface area (Å²) in [6.07, 6.45) is 0.855. The van der Waals surface area contributed by atoms with E-state index in [1.54, 1.807) is 22.8 Å². The largest absolute Gasteiger partial charge is 0.384 e. The van der Waals surface area contributed by atoms with E-state index >= 15 is 0 Å². The van der Waals surface area contributed by atoms with E-state index in [-0.39, 0.29) is 18.6 Å². The van der Waals surface area contributed by atoms with Crippen molar-refractivity contribution in [2.24, 2.45) is 0 Å². The minimum atomic E-state index is -0.171. The SMILES string of the molecule is CCC(NC(=O)c1csc(C#CCO)c1)c1cccs1. The molecular weight excluding hydrogens is 290 g/mol. The van der Waals surface area contributed by atoms with Gasteiger partial charge in [-0.2, -0.15) is 0 Å². The molecule has 0 bridgehead atoms. The van der Waals surface area contributed by atoms with Crippen LogP contribution in [0.4, 0.5) is 0 Å². The van der Waals surface area contributed by atoms with Crippen LogP contribution < -0.4 is 5.32 Å². The van der Waals surface area contributed by atoms with Crippen molar-refractivity contribution in [1.29, 1.82) is 0 Å². The first kappa shape index (κ1) is 14.8. The van der Waals surface area contributed by atoms with Gasteiger partial charge in [0, 0.05) is 10.3 Å². The molecule has 0 radical (unpaired) electrons. The molecule has 2 aromatic rings. The fourth-order valence-electron chi connectivity index (χ4n) is 1.75. The molecule has 1 amide bonds. The summed E-state index contributed by atoms with van der Waals surface area (Å²) in [7, 11) is 0. The molecule has 0 fully saturated rings. The number of hydrogen-bond donors (Lipinski definition) is 2. The average Bonchev–Trinajstić information content (AvgIpc) is 3.13. The Labute approximate surface area is 126 Å². The first-order valence-corrected chi connectivity index (χ1v) is 8.03. The molecule has 0 aliphatic rings. The summed E-state index contributed by atoms with van der Waals surface area (Å²) < 4.78 is 0. The van der Waals surface area contributed by atoms with Crippen LogP contribution in [-0.4, -0.2) is 17.6 Å². The molecule has 0 aliphatic carbocycles. The summed E-state index contributed by atoms with van der Waals surface area (Å²) in [5.74, 6) is 5.30. The van der Waals surface area contributed by atoms with Crippen LogP contribution in [-0.2, 0) is 0 Å². The Hall–Kier alpha value is -1.61. The zero-order valence-corrected chi connectivity index (χ0v) is 12.7. The highest BCUT2D eigenvalue weighted by atomic mass is 32.1. The first-order valence-electron chi connectivity index (χ1n) is 6.27. The maximum absolute atomic E-state index is 12.2. The van der Waals surface area contributed by atoms with Gasteiger partial charge in [-0.1, -0.05) is 24.8 Å². The van der Waals surface area contributed by atoms with Gasteiger partial charge in [-0.25, -0.2) is 0 Å². The van der Waals surface area contributed by atoms with Crippen LogP contribution >= 0.6 is 22.7 Å². The molecule has 0 spiro atoms. The van der Waals surface area contributed by atoms with Gasteiger partial charge in [-0.05, 0) is 23.9 Å². The Morgan fingerprint density at radius 1 is 1.50 bits per heavy atom. The number of amides is 1. The van der Waals surface area contributed by atoms with Crippen molar-refractivity contribution in [1.82, 2.24) is 5.32 Å². The second-order valence-electron chi connectivity index (χ2n) is 4.11. The van der Waals surface area contributed by atoms with Crippen molar-refractivity contribution in [3.8, 4) is 11.8 Å². The number of aliphatic hydroxyl groups is 1. The van der Waals surface area contributed by atoms with E-state index in [4.69, 9.17) is 5.11 Å². The smallest absolute Gasteiger partial charge is 0.252 e. The lowest BCUT2D eigenvalue weighted by atomic mass is 10.1. The summed E-state index contributed by atoms with van der Waals surface area (Å²) in [5.41, 5.74) is 0.618. The standard InChI is InChI=1S/C15H15NO2S2/c1-2-13(14-6-4-8-19-14)16-15(18)11-9-12(20-10-11)5-3-7-17/h4,6,8-10,13,17H,2,7H2,1H3,(H,16,18). The number of aliphatic hydroxyl groups excluding tert-OH is 1. The lowest BCUT2D eigenvalue weighted by molar-refractivity contribution is 0.0936. The van der Waals surface area contributed by atoms with E-state index in [0.29, 0.717) is 5.56 Å². The van der Waals surface area contributed by atoms with Gasteiger partial charge < -0.3 is 10.4 Å². The summed E-state index contributed by atoms with van der Waals surface area (Å²) in [6.45, 7) is 1.88. The predicted molar refractivity (Wildman–Crippen MR) is 83.1 cm³/mol. The fraction of sp³-hybridized carbons (Fsp3) is 0.267. The molecule has 0 saturated carbocycles. The summed E-state index contributed by atoms with van der Waals surface area (Å²) >= 11 is 3.05. The van der Waals surface area contributed by atoms with Crippen molar-refractivity contribution in [3.05, 3.63) is 44.3 Å². The van der Waals surface area contributed by atoms with E-state index in [0.717, 1.165) is 16.2 Å². The molecule has 3 nitrogen and oxygen atoms in total. The highest BCUT2D eigenvalue weighted by Gasteiger charge is 2.15. The van der Waals surface area contributed by atoms with Gasteiger partial charge >= 0.3 is 0 Å². The van der Waals surface area contributed by atoms with Gasteiger partial charge in [0.15, 0.2) is 0 Å². The number of rotatable bonds is 4. The zero-order chi connectivity index (χ0) is 14.4. The van der Waals surface area contributed by atoms with Gasteiger partial charge in [-0.3, -0.25) is 4.79 Å². The van der Waals surface area contributed by atoms with Crippen LogP contribution in [0.25, 0.3) is 0 Å². The number of carbonyl (C=O) groups excluding carboxylic acids is 1. The van der Waals surface area contributed by atoms with Crippen LogP contribution in [0.5, 0.6) is 0 Å². The maximum Gasteiger partial charge on any atom is 0.252 e. The van der Waals surface area contributed by atoms with Crippen molar-refractivity contribution >= 4 is 28.6 Å². The molecule has 0 aliphatic heterocycles. The third-order valence-electron chi connectivity index (χ3n) is 2.75. The molecule has 5 heteroatoms. The van der Waals surface area contributed by atoms with E-state index < -0.39 is 0 Å². The second-order valence-corrected chi connectivity index (χ2v) is 6.00. The third-order valence-corrected chi connectivity index (χ3v) is 4.58. The van der Waals surface area contributed by atoms with Crippen LogP contribution in [0.2, 0.25) is 0 Å². The minimum absolute atomic E-state index is 0.0503. The second kappa shape index (κ2) is 7.25. The van der Waals surface area contributed by atoms with E-state index in [2.05, 4.69) is 24.1 Å². The van der Waals surface area contributed by atoms with Crippen molar-refractivity contribution in [3.63, 3.8) is 0 Å². The van der Waals surface area contributed by atoms with Crippen molar-refractivity contribution in [2.45, 2.75) is 19.4 Å². The summed E-state index contributed by atoms with van der Waals surface area (Å²) in [4.78, 5) is 14.1. The Bertz CT molecular complexity index is 620. The van der Waals surface area contributed by atoms with E-state index in [9.17, 15) is 4.79 Å². The quantitative estimate of drug-likeness (QED) is 0.853. The monoisotopic (exact) mass is 305 g/mol. The minimum Gasteiger partial charge on any atom is -0.384 e. The Balaban J connectivity index is 2.05. The topological polar surface area (TPSA) is 49.3 Å². The van der Waals surface area contributed by atoms with Gasteiger partial charge in [-0.15, -0.1) is 22.7 Å². The van der Waals surface area contributed by atoms with Gasteiger partial charge in [0.05, 0.1) is 16.5 Å². The zero-order valence-electron chi connectivity index (χ0n) is 11.1. The normalized spacial score (nSPS) is 11.5. The first-order chi connectivity index (χ1) is 9.74. The van der Waals surface area contributed by atoms with Crippen LogP contribution in [0.15, 0.2) is 29.0 Å². The lowest BCUT2D eigenvalue weighted by Crippen LogP contribution is -2.27. The fourth-order valence-corrected chi connectivity index (χ4v) is 3.37. The van der Waals surface area contributed by atoms with Gasteiger partial charge in [0.2, 0.25) is 0 Å². The Morgan fingerprint density at radius 2 is 2.35 bits per heavy atom. The molecule has 2 heterocycles. The highest BCUT2D eigenvalue weighted by Crippen LogP contribution is 2.22. The molecule has 0 aromatic carbocycles. The molecule has 104 valence electrons. The summed E-state index contributed by atoms with van der Waals surface area (Å²) in [6, 6.07) is 5.82. The molecule has 2 rings (SSSR count). The van der Waals surface area contributed by atoms with Crippen molar-refractivity contribution < 1.29 is 9.90 Å². The molecule has 2 aromatic heterocycles. The third kappa shape index (κ3) is 3.70. The van der Waals surface area contributed by atoms with Gasteiger partial charge in [0.25, 0.3) is 5.91 Å². The average molecular weight is 305 g/mol. The Kier molecular flexibility index (Phi) is 5.36. The van der Waals surface area contributed by atoms with Crippen molar-refractivity contribution in [2.75, 3.05) is 6.61 Å². The van der Waals surface area contributed by atoms with Crippen LogP contribution in [0.3, 0.4) is 0 Å². The molecule has 20 heavy (non-hydrogen) atoms. The number of carbonyl (C=O) groups is 1. The molecule has 1 atom stereocenters. The summed E-state index contributed by atoms with van der Waals surface area (Å²) in [5, 5.41) is 15.5. The van der Waals surface area contributed by atoms with Gasteiger partial charge in [0.1, 0.15) is 6.61 Å². The molecule has 0 saturated heterocycles. The van der Waals surface area contributed by atoms with Crippen LogP contribution in [0, 0.1) is 11.8 Å². The predicted octanol–water partition coefficient (Wildman–Crippen LogP) is 3.03. The lowest BCUT2D eigenvalue weighted by Gasteiger charge is -2.14. The Morgan fingerprint density at radius 3 is 3.00 bits per heavy atom. The van der Waals surface area contributed by atoms with E-state index in [1.807, 2.05) is 17.5 Å². The van der Waals surface area contributed by atoms with E-state index in [1.165, 1.54) is 11.3 Å². The number of hydrogen-bond acceptors (Lipinski definition) is 4. The number of thiophene rings is 2. The van der Waals surface area contributed by atoms with Crippen LogP contribution in [0.1, 0.15) is 39.5 Å². The number of nitrogens with one attached hydrogen (secondary N) is 1. The molecule has 2 N–H and O–H groups in total. The maximum atomic E-state index is 12.2.